The fourth-order valence-corrected chi connectivity index (χ4v) is 4.57. The number of aromatic nitrogens is 1. The van der Waals surface area contributed by atoms with E-state index < -0.39 is 0 Å². The van der Waals surface area contributed by atoms with Crippen molar-refractivity contribution in [2.75, 3.05) is 18.0 Å². The predicted molar refractivity (Wildman–Crippen MR) is 123 cm³/mol. The van der Waals surface area contributed by atoms with Gasteiger partial charge in [0, 0.05) is 37.1 Å². The molecule has 1 aromatic heterocycles. The molecule has 1 saturated heterocycles. The van der Waals surface area contributed by atoms with Crippen LogP contribution in [-0.2, 0) is 6.42 Å². The van der Waals surface area contributed by atoms with Crippen LogP contribution in [0.1, 0.15) is 47.4 Å². The lowest BCUT2D eigenvalue weighted by atomic mass is 9.81. The van der Waals surface area contributed by atoms with Crippen LogP contribution in [0, 0.1) is 11.8 Å². The molecule has 0 amide bonds. The Balaban J connectivity index is 1.68. The molecule has 2 aromatic carbocycles. The number of rotatable bonds is 7. The SMILES string of the molecule is Cc1ccccc1C(c1ccc(N2CCCCC2)cc1)C(Cc1ccncc1)N=O. The summed E-state index contributed by atoms with van der Waals surface area (Å²) < 4.78 is 0. The van der Waals surface area contributed by atoms with E-state index in [-0.39, 0.29) is 12.0 Å². The van der Waals surface area contributed by atoms with Crippen molar-refractivity contribution in [3.63, 3.8) is 0 Å². The molecule has 0 radical (unpaired) electrons. The number of pyridine rings is 1. The third-order valence-corrected chi connectivity index (χ3v) is 6.21. The summed E-state index contributed by atoms with van der Waals surface area (Å²) in [5, 5.41) is 3.61. The molecule has 154 valence electrons. The van der Waals surface area contributed by atoms with Gasteiger partial charge in [-0.15, -0.1) is 0 Å². The first-order chi connectivity index (χ1) is 14.8. The van der Waals surface area contributed by atoms with Crippen LogP contribution in [0.25, 0.3) is 0 Å². The van der Waals surface area contributed by atoms with Crippen molar-refractivity contribution in [2.45, 2.75) is 44.6 Å². The largest absolute Gasteiger partial charge is 0.372 e. The maximum absolute atomic E-state index is 12.0. The topological polar surface area (TPSA) is 45.6 Å². The third kappa shape index (κ3) is 4.59. The number of hydrogen-bond donors (Lipinski definition) is 0. The van der Waals surface area contributed by atoms with Gasteiger partial charge < -0.3 is 4.90 Å². The molecule has 0 N–H and O–H groups in total. The van der Waals surface area contributed by atoms with Crippen LogP contribution < -0.4 is 4.90 Å². The summed E-state index contributed by atoms with van der Waals surface area (Å²) >= 11 is 0. The van der Waals surface area contributed by atoms with Crippen LogP contribution in [0.5, 0.6) is 0 Å². The Labute approximate surface area is 178 Å². The van der Waals surface area contributed by atoms with Gasteiger partial charge in [0.1, 0.15) is 6.04 Å². The molecular weight excluding hydrogens is 370 g/mol. The molecule has 2 heterocycles. The second-order valence-electron chi connectivity index (χ2n) is 8.21. The molecule has 4 rings (SSSR count). The average Bonchev–Trinajstić information content (AvgIpc) is 2.81. The number of benzene rings is 2. The normalized spacial score (nSPS) is 16.1. The molecule has 4 nitrogen and oxygen atoms in total. The van der Waals surface area contributed by atoms with Crippen LogP contribution in [-0.4, -0.2) is 24.1 Å². The average molecular weight is 400 g/mol. The molecule has 1 aliphatic rings. The minimum Gasteiger partial charge on any atom is -0.372 e. The second kappa shape index (κ2) is 9.66. The minimum atomic E-state index is -0.380. The highest BCUT2D eigenvalue weighted by atomic mass is 16.3. The van der Waals surface area contributed by atoms with Crippen LogP contribution in [0.3, 0.4) is 0 Å². The van der Waals surface area contributed by atoms with Crippen molar-refractivity contribution in [1.82, 2.24) is 4.98 Å². The monoisotopic (exact) mass is 399 g/mol. The fourth-order valence-electron chi connectivity index (χ4n) is 4.57. The van der Waals surface area contributed by atoms with Crippen molar-refractivity contribution in [2.24, 2.45) is 5.18 Å². The zero-order valence-corrected chi connectivity index (χ0v) is 17.6. The van der Waals surface area contributed by atoms with Crippen molar-refractivity contribution in [1.29, 1.82) is 0 Å². The Bertz CT molecular complexity index is 950. The summed E-state index contributed by atoms with van der Waals surface area (Å²) in [5.41, 5.74) is 5.85. The van der Waals surface area contributed by atoms with E-state index in [1.165, 1.54) is 36.1 Å². The summed E-state index contributed by atoms with van der Waals surface area (Å²) in [6, 6.07) is 20.7. The van der Waals surface area contributed by atoms with E-state index in [1.54, 1.807) is 12.4 Å². The number of aryl methyl sites for hydroxylation is 1. The Morgan fingerprint density at radius 1 is 0.933 bits per heavy atom. The fraction of sp³-hybridized carbons (Fsp3) is 0.346. The zero-order valence-electron chi connectivity index (χ0n) is 17.6. The summed E-state index contributed by atoms with van der Waals surface area (Å²) in [5.74, 6) is -0.0766. The minimum absolute atomic E-state index is 0.0766. The lowest BCUT2D eigenvalue weighted by molar-refractivity contribution is 0.576. The van der Waals surface area contributed by atoms with Gasteiger partial charge in [0.15, 0.2) is 0 Å². The molecule has 2 unspecified atom stereocenters. The lowest BCUT2D eigenvalue weighted by Crippen LogP contribution is -2.29. The molecule has 0 saturated carbocycles. The molecular formula is C26H29N3O. The number of nitroso groups, excluding NO2 is 1. The molecule has 30 heavy (non-hydrogen) atoms. The molecule has 1 aliphatic heterocycles. The van der Waals surface area contributed by atoms with E-state index in [2.05, 4.69) is 58.4 Å². The van der Waals surface area contributed by atoms with Gasteiger partial charge in [-0.2, -0.15) is 4.91 Å². The van der Waals surface area contributed by atoms with E-state index in [1.807, 2.05) is 24.3 Å². The van der Waals surface area contributed by atoms with Crippen LogP contribution >= 0.6 is 0 Å². The smallest absolute Gasteiger partial charge is 0.107 e. The lowest BCUT2D eigenvalue weighted by Gasteiger charge is -2.30. The maximum atomic E-state index is 12.0. The van der Waals surface area contributed by atoms with E-state index >= 15 is 0 Å². The zero-order chi connectivity index (χ0) is 20.8. The third-order valence-electron chi connectivity index (χ3n) is 6.21. The van der Waals surface area contributed by atoms with Gasteiger partial charge in [-0.3, -0.25) is 4.98 Å². The van der Waals surface area contributed by atoms with Crippen LogP contribution in [0.2, 0.25) is 0 Å². The van der Waals surface area contributed by atoms with Gasteiger partial charge in [0.2, 0.25) is 0 Å². The second-order valence-corrected chi connectivity index (χ2v) is 8.21. The first-order valence-corrected chi connectivity index (χ1v) is 10.9. The summed E-state index contributed by atoms with van der Waals surface area (Å²) in [7, 11) is 0. The van der Waals surface area contributed by atoms with Crippen LogP contribution in [0.4, 0.5) is 5.69 Å². The summed E-state index contributed by atoms with van der Waals surface area (Å²) in [4.78, 5) is 18.6. The molecule has 0 spiro atoms. The van der Waals surface area contributed by atoms with E-state index in [0.29, 0.717) is 6.42 Å². The number of hydrogen-bond acceptors (Lipinski definition) is 4. The highest BCUT2D eigenvalue weighted by Crippen LogP contribution is 2.35. The van der Waals surface area contributed by atoms with E-state index in [0.717, 1.165) is 24.2 Å². The molecule has 0 aliphatic carbocycles. The van der Waals surface area contributed by atoms with E-state index in [4.69, 9.17) is 0 Å². The molecule has 1 fully saturated rings. The van der Waals surface area contributed by atoms with Gasteiger partial charge >= 0.3 is 0 Å². The van der Waals surface area contributed by atoms with E-state index in [9.17, 15) is 4.91 Å². The molecule has 3 aromatic rings. The highest BCUT2D eigenvalue weighted by Gasteiger charge is 2.28. The summed E-state index contributed by atoms with van der Waals surface area (Å²) in [6.07, 6.45) is 7.98. The number of anilines is 1. The molecule has 4 heteroatoms. The Morgan fingerprint density at radius 2 is 1.63 bits per heavy atom. The van der Waals surface area contributed by atoms with Gasteiger partial charge in [0.25, 0.3) is 0 Å². The van der Waals surface area contributed by atoms with Gasteiger partial charge in [-0.05, 0) is 79.1 Å². The highest BCUT2D eigenvalue weighted by molar-refractivity contribution is 5.50. The predicted octanol–water partition coefficient (Wildman–Crippen LogP) is 5.89. The van der Waals surface area contributed by atoms with Crippen molar-refractivity contribution >= 4 is 5.69 Å². The standard InChI is InChI=1S/C26H29N3O/c1-20-7-3-4-8-24(20)26(25(28-30)19-21-13-15-27-16-14-21)22-9-11-23(12-10-22)29-17-5-2-6-18-29/h3-4,7-16,25-26H,2,5-6,17-19H2,1H3. The van der Waals surface area contributed by atoms with Crippen molar-refractivity contribution in [3.05, 3.63) is 100 Å². The first kappa shape index (κ1) is 20.3. The quantitative estimate of drug-likeness (QED) is 0.465. The van der Waals surface area contributed by atoms with Crippen LogP contribution in [0.15, 0.2) is 78.2 Å². The Morgan fingerprint density at radius 3 is 2.30 bits per heavy atom. The van der Waals surface area contributed by atoms with Gasteiger partial charge in [-0.25, -0.2) is 0 Å². The Hall–Kier alpha value is -3.01. The molecule has 2 atom stereocenters. The first-order valence-electron chi connectivity index (χ1n) is 10.9. The van der Waals surface area contributed by atoms with Gasteiger partial charge in [0.05, 0.1) is 0 Å². The number of nitrogens with zero attached hydrogens (tertiary/aromatic N) is 3. The van der Waals surface area contributed by atoms with Crippen molar-refractivity contribution < 1.29 is 0 Å². The molecule has 0 bridgehead atoms. The number of piperidine rings is 1. The summed E-state index contributed by atoms with van der Waals surface area (Å²) in [6.45, 7) is 4.36. The maximum Gasteiger partial charge on any atom is 0.107 e. The van der Waals surface area contributed by atoms with Gasteiger partial charge in [-0.1, -0.05) is 41.6 Å². The van der Waals surface area contributed by atoms with Crippen molar-refractivity contribution in [3.8, 4) is 0 Å². The Kier molecular flexibility index (Phi) is 6.53.